The van der Waals surface area contributed by atoms with Crippen molar-refractivity contribution in [3.8, 4) is 0 Å². The van der Waals surface area contributed by atoms with E-state index in [2.05, 4.69) is 61.8 Å². The van der Waals surface area contributed by atoms with Gasteiger partial charge in [0.05, 0.1) is 11.1 Å². The molecule has 0 N–H and O–H groups in total. The van der Waals surface area contributed by atoms with Crippen molar-refractivity contribution in [2.45, 2.75) is 65.5 Å². The van der Waals surface area contributed by atoms with E-state index >= 15 is 0 Å². The summed E-state index contributed by atoms with van der Waals surface area (Å²) >= 11 is 0. The Balaban J connectivity index is 2.12. The predicted molar refractivity (Wildman–Crippen MR) is 72.2 cm³/mol. The van der Waals surface area contributed by atoms with Gasteiger partial charge in [-0.3, -0.25) is 10.0 Å². The lowest BCUT2D eigenvalue weighted by atomic mass is 9.98. The van der Waals surface area contributed by atoms with Crippen molar-refractivity contribution in [3.63, 3.8) is 0 Å². The fourth-order valence-electron chi connectivity index (χ4n) is 2.76. The first-order valence-corrected chi connectivity index (χ1v) is 6.34. The second-order valence-corrected chi connectivity index (χ2v) is 6.59. The zero-order valence-corrected chi connectivity index (χ0v) is 11.9. The molecule has 4 heteroatoms. The van der Waals surface area contributed by atoms with Crippen molar-refractivity contribution < 1.29 is 0 Å². The molecule has 2 heterocycles. The predicted octanol–water partition coefficient (Wildman–Crippen LogP) is 2.66. The number of rotatable bonds is 2. The van der Waals surface area contributed by atoms with Crippen LogP contribution in [0.4, 0.5) is 0 Å². The van der Waals surface area contributed by atoms with Gasteiger partial charge in [-0.25, -0.2) is 0 Å². The van der Waals surface area contributed by atoms with Gasteiger partial charge in [-0.15, -0.1) is 0 Å². The second-order valence-electron chi connectivity index (χ2n) is 6.59. The van der Waals surface area contributed by atoms with Crippen LogP contribution < -0.4 is 0 Å². The molecule has 96 valence electrons. The van der Waals surface area contributed by atoms with E-state index in [4.69, 9.17) is 0 Å². The largest absolute Gasteiger partial charge is 0.270 e. The lowest BCUT2D eigenvalue weighted by Gasteiger charge is -2.38. The van der Waals surface area contributed by atoms with Crippen LogP contribution in [-0.4, -0.2) is 39.2 Å². The summed E-state index contributed by atoms with van der Waals surface area (Å²) < 4.78 is 0. The molecule has 0 bridgehead atoms. The van der Waals surface area contributed by atoms with Gasteiger partial charge in [0.1, 0.15) is 6.67 Å². The first kappa shape index (κ1) is 12.4. The van der Waals surface area contributed by atoms with Crippen molar-refractivity contribution in [2.75, 3.05) is 6.67 Å². The van der Waals surface area contributed by atoms with Gasteiger partial charge in [-0.1, -0.05) is 0 Å². The summed E-state index contributed by atoms with van der Waals surface area (Å²) in [7, 11) is 0. The van der Waals surface area contributed by atoms with Crippen LogP contribution in [0.2, 0.25) is 0 Å². The second kappa shape index (κ2) is 3.72. The molecule has 2 aliphatic heterocycles. The average Bonchev–Trinajstić information content (AvgIpc) is 2.50. The summed E-state index contributed by atoms with van der Waals surface area (Å²) in [6, 6.07) is 0. The van der Waals surface area contributed by atoms with Crippen molar-refractivity contribution >= 4 is 11.4 Å². The summed E-state index contributed by atoms with van der Waals surface area (Å²) in [4.78, 5) is 0. The Kier molecular flexibility index (Phi) is 2.71. The third kappa shape index (κ3) is 2.31. The molecule has 17 heavy (non-hydrogen) atoms. The molecule has 0 aromatic heterocycles. The van der Waals surface area contributed by atoms with Crippen LogP contribution in [0.25, 0.3) is 0 Å². The Bertz CT molecular complexity index is 343. The number of hydrogen-bond donors (Lipinski definition) is 0. The molecule has 0 atom stereocenters. The van der Waals surface area contributed by atoms with E-state index < -0.39 is 0 Å². The fraction of sp³-hybridized carbons (Fsp3) is 0.846. The van der Waals surface area contributed by atoms with E-state index in [0.29, 0.717) is 0 Å². The Labute approximate surface area is 104 Å². The average molecular weight is 236 g/mol. The van der Waals surface area contributed by atoms with Crippen molar-refractivity contribution in [3.05, 3.63) is 0 Å². The van der Waals surface area contributed by atoms with E-state index in [1.54, 1.807) is 0 Å². The molecule has 0 fully saturated rings. The molecule has 4 nitrogen and oxygen atoms in total. The van der Waals surface area contributed by atoms with Crippen LogP contribution in [0.1, 0.15) is 54.4 Å². The summed E-state index contributed by atoms with van der Waals surface area (Å²) in [6.45, 7) is 14.0. The minimum atomic E-state index is 0.117. The molecule has 0 unspecified atom stereocenters. The van der Waals surface area contributed by atoms with Gasteiger partial charge in [0.2, 0.25) is 0 Å². The molecule has 0 spiro atoms. The van der Waals surface area contributed by atoms with E-state index in [0.717, 1.165) is 19.5 Å². The maximum atomic E-state index is 4.63. The maximum absolute atomic E-state index is 4.63. The van der Waals surface area contributed by atoms with Crippen LogP contribution >= 0.6 is 0 Å². The normalized spacial score (nSPS) is 26.2. The molecule has 0 saturated heterocycles. The Morgan fingerprint density at radius 2 is 1.24 bits per heavy atom. The summed E-state index contributed by atoms with van der Waals surface area (Å²) in [5.74, 6) is 0. The Hall–Kier alpha value is -1.06. The highest BCUT2D eigenvalue weighted by Gasteiger charge is 2.38. The summed E-state index contributed by atoms with van der Waals surface area (Å²) in [6.07, 6.45) is 2.09. The molecule has 2 aliphatic rings. The highest BCUT2D eigenvalue weighted by Crippen LogP contribution is 2.31. The SMILES string of the molecule is CC1=NN(CN2N=C(C)CC2(C)C)C(C)(C)C1. The molecule has 0 aromatic carbocycles. The summed E-state index contributed by atoms with van der Waals surface area (Å²) in [5.41, 5.74) is 2.67. The highest BCUT2D eigenvalue weighted by atomic mass is 15.6. The van der Waals surface area contributed by atoms with Gasteiger partial charge in [0.15, 0.2) is 0 Å². The maximum Gasteiger partial charge on any atom is 0.124 e. The molecular formula is C13H24N4. The van der Waals surface area contributed by atoms with E-state index in [1.165, 1.54) is 11.4 Å². The molecule has 2 rings (SSSR count). The van der Waals surface area contributed by atoms with Crippen LogP contribution in [0.15, 0.2) is 10.2 Å². The van der Waals surface area contributed by atoms with Gasteiger partial charge < -0.3 is 0 Å². The minimum absolute atomic E-state index is 0.117. The number of hydrogen-bond acceptors (Lipinski definition) is 4. The zero-order chi connectivity index (χ0) is 12.8. The number of hydrazone groups is 2. The van der Waals surface area contributed by atoms with Gasteiger partial charge in [0, 0.05) is 24.3 Å². The fourth-order valence-corrected chi connectivity index (χ4v) is 2.76. The van der Waals surface area contributed by atoms with E-state index in [1.807, 2.05) is 0 Å². The Morgan fingerprint density at radius 1 is 0.882 bits per heavy atom. The van der Waals surface area contributed by atoms with Crippen molar-refractivity contribution in [1.82, 2.24) is 10.0 Å². The van der Waals surface area contributed by atoms with E-state index in [-0.39, 0.29) is 11.1 Å². The quantitative estimate of drug-likeness (QED) is 0.738. The molecule has 0 amide bonds. The topological polar surface area (TPSA) is 31.2 Å². The van der Waals surface area contributed by atoms with Gasteiger partial charge in [-0.05, 0) is 41.5 Å². The third-order valence-electron chi connectivity index (χ3n) is 3.63. The third-order valence-corrected chi connectivity index (χ3v) is 3.63. The van der Waals surface area contributed by atoms with Gasteiger partial charge in [0.25, 0.3) is 0 Å². The lowest BCUT2D eigenvalue weighted by molar-refractivity contribution is 0.0244. The highest BCUT2D eigenvalue weighted by molar-refractivity contribution is 5.84. The van der Waals surface area contributed by atoms with Gasteiger partial charge in [-0.2, -0.15) is 10.2 Å². The first-order valence-electron chi connectivity index (χ1n) is 6.34. The van der Waals surface area contributed by atoms with Crippen LogP contribution in [0.3, 0.4) is 0 Å². The van der Waals surface area contributed by atoms with Crippen LogP contribution in [0, 0.1) is 0 Å². The van der Waals surface area contributed by atoms with Crippen LogP contribution in [0.5, 0.6) is 0 Å². The van der Waals surface area contributed by atoms with Gasteiger partial charge >= 0.3 is 0 Å². The number of nitrogens with zero attached hydrogens (tertiary/aromatic N) is 4. The smallest absolute Gasteiger partial charge is 0.124 e. The van der Waals surface area contributed by atoms with E-state index in [9.17, 15) is 0 Å². The monoisotopic (exact) mass is 236 g/mol. The molecule has 0 aliphatic carbocycles. The molecule has 0 aromatic rings. The summed E-state index contributed by atoms with van der Waals surface area (Å²) in [5, 5.41) is 13.6. The standard InChI is InChI=1S/C13H24N4/c1-10-7-12(3,4)16(14-10)9-17-13(5,6)8-11(2)15-17/h7-9H2,1-6H3. The zero-order valence-electron chi connectivity index (χ0n) is 11.9. The first-order chi connectivity index (χ1) is 7.71. The van der Waals surface area contributed by atoms with Crippen LogP contribution in [-0.2, 0) is 0 Å². The van der Waals surface area contributed by atoms with Crippen molar-refractivity contribution in [1.29, 1.82) is 0 Å². The molecule has 0 radical (unpaired) electrons. The minimum Gasteiger partial charge on any atom is -0.270 e. The molecular weight excluding hydrogens is 212 g/mol. The Morgan fingerprint density at radius 3 is 1.47 bits per heavy atom. The lowest BCUT2D eigenvalue weighted by Crippen LogP contribution is -2.47. The molecule has 0 saturated carbocycles. The van der Waals surface area contributed by atoms with Crippen molar-refractivity contribution in [2.24, 2.45) is 10.2 Å².